The lowest BCUT2D eigenvalue weighted by atomic mass is 10.1. The number of hydrogen-bond acceptors (Lipinski definition) is 5. The van der Waals surface area contributed by atoms with E-state index in [2.05, 4.69) is 5.32 Å². The zero-order chi connectivity index (χ0) is 22.8. The molecule has 0 fully saturated rings. The van der Waals surface area contributed by atoms with Crippen molar-refractivity contribution >= 4 is 34.4 Å². The molecule has 4 rings (SSSR count). The number of carbonyl (C=O) groups is 1. The largest absolute Gasteiger partial charge is 0.493 e. The van der Waals surface area contributed by atoms with Crippen molar-refractivity contribution in [3.05, 3.63) is 76.7 Å². The second-order valence-corrected chi connectivity index (χ2v) is 8.29. The van der Waals surface area contributed by atoms with E-state index in [4.69, 9.17) is 9.47 Å². The van der Waals surface area contributed by atoms with Crippen LogP contribution in [0.25, 0.3) is 11.0 Å². The van der Waals surface area contributed by atoms with Crippen LogP contribution in [0, 0.1) is 0 Å². The summed E-state index contributed by atoms with van der Waals surface area (Å²) in [6.07, 6.45) is 0. The summed E-state index contributed by atoms with van der Waals surface area (Å²) in [5.41, 5.74) is 2.45. The molecule has 0 aliphatic carbocycles. The second kappa shape index (κ2) is 8.84. The van der Waals surface area contributed by atoms with Gasteiger partial charge < -0.3 is 14.8 Å². The maximum Gasteiger partial charge on any atom is 0.328 e. The average molecular weight is 450 g/mol. The average Bonchev–Trinajstić information content (AvgIpc) is 3.02. The molecule has 7 nitrogen and oxygen atoms in total. The van der Waals surface area contributed by atoms with Gasteiger partial charge in [0.05, 0.1) is 30.9 Å². The molecule has 3 aromatic carbocycles. The standard InChI is InChI=1S/C24H23N3O4S/c1-26-18-13-17(25-23(28)15-10-11-20(30-3)21(12-15)31-4)22(14-19(18)27(2)24(26)29)32-16-8-6-5-7-9-16/h5-14H,1-4H3,(H,25,28). The SMILES string of the molecule is COc1ccc(C(=O)Nc2cc3c(cc2Sc2ccccc2)n(C)c(=O)n3C)cc1OC. The summed E-state index contributed by atoms with van der Waals surface area (Å²) in [6.45, 7) is 0. The fourth-order valence-electron chi connectivity index (χ4n) is 3.50. The normalized spacial score (nSPS) is 10.9. The number of fused-ring (bicyclic) bond motifs is 1. The number of nitrogens with zero attached hydrogens (tertiary/aromatic N) is 2. The third kappa shape index (κ3) is 3.97. The lowest BCUT2D eigenvalue weighted by Crippen LogP contribution is -2.19. The Morgan fingerprint density at radius 3 is 2.19 bits per heavy atom. The zero-order valence-electron chi connectivity index (χ0n) is 18.2. The van der Waals surface area contributed by atoms with E-state index in [0.29, 0.717) is 22.7 Å². The Kier molecular flexibility index (Phi) is 5.96. The maximum atomic E-state index is 13.1. The third-order valence-electron chi connectivity index (χ3n) is 5.24. The molecule has 0 unspecified atom stereocenters. The van der Waals surface area contributed by atoms with Gasteiger partial charge in [0.15, 0.2) is 11.5 Å². The molecule has 0 spiro atoms. The van der Waals surface area contributed by atoms with Gasteiger partial charge in [-0.25, -0.2) is 4.79 Å². The highest BCUT2D eigenvalue weighted by molar-refractivity contribution is 7.99. The van der Waals surface area contributed by atoms with Gasteiger partial charge >= 0.3 is 5.69 Å². The number of aromatic nitrogens is 2. The second-order valence-electron chi connectivity index (χ2n) is 7.18. The summed E-state index contributed by atoms with van der Waals surface area (Å²) < 4.78 is 13.7. The molecule has 0 bridgehead atoms. The minimum absolute atomic E-state index is 0.126. The van der Waals surface area contributed by atoms with E-state index in [0.717, 1.165) is 20.8 Å². The van der Waals surface area contributed by atoms with Gasteiger partial charge in [0.25, 0.3) is 5.91 Å². The Labute approximate surface area is 189 Å². The monoisotopic (exact) mass is 449 g/mol. The molecule has 1 heterocycles. The van der Waals surface area contributed by atoms with Crippen molar-refractivity contribution in [1.82, 2.24) is 9.13 Å². The highest BCUT2D eigenvalue weighted by Crippen LogP contribution is 2.37. The first kappa shape index (κ1) is 21.6. The molecule has 164 valence electrons. The van der Waals surface area contributed by atoms with Crippen molar-refractivity contribution < 1.29 is 14.3 Å². The molecular formula is C24H23N3O4S. The van der Waals surface area contributed by atoms with Gasteiger partial charge in [-0.2, -0.15) is 0 Å². The molecule has 0 radical (unpaired) electrons. The number of ether oxygens (including phenoxy) is 2. The minimum atomic E-state index is -0.291. The summed E-state index contributed by atoms with van der Waals surface area (Å²) in [7, 11) is 6.53. The number of aryl methyl sites for hydroxylation is 2. The van der Waals surface area contributed by atoms with Crippen molar-refractivity contribution in [3.8, 4) is 11.5 Å². The summed E-state index contributed by atoms with van der Waals surface area (Å²) in [6, 6.07) is 18.6. The molecule has 1 N–H and O–H groups in total. The van der Waals surface area contributed by atoms with E-state index in [1.54, 1.807) is 48.5 Å². The summed E-state index contributed by atoms with van der Waals surface area (Å²) >= 11 is 1.52. The number of hydrogen-bond donors (Lipinski definition) is 1. The van der Waals surface area contributed by atoms with Gasteiger partial charge in [-0.15, -0.1) is 0 Å². The molecule has 1 amide bonds. The van der Waals surface area contributed by atoms with E-state index in [1.807, 2.05) is 42.5 Å². The van der Waals surface area contributed by atoms with Crippen LogP contribution < -0.4 is 20.5 Å². The van der Waals surface area contributed by atoms with Crippen molar-refractivity contribution in [3.63, 3.8) is 0 Å². The van der Waals surface area contributed by atoms with E-state index in [1.165, 1.54) is 18.9 Å². The molecule has 0 saturated carbocycles. The minimum Gasteiger partial charge on any atom is -0.493 e. The van der Waals surface area contributed by atoms with Gasteiger partial charge in [-0.05, 0) is 42.5 Å². The van der Waals surface area contributed by atoms with Gasteiger partial charge in [-0.1, -0.05) is 30.0 Å². The van der Waals surface area contributed by atoms with Crippen LogP contribution in [0.3, 0.4) is 0 Å². The number of imidazole rings is 1. The van der Waals surface area contributed by atoms with Gasteiger partial charge in [0.2, 0.25) is 0 Å². The molecule has 4 aromatic rings. The van der Waals surface area contributed by atoms with Crippen molar-refractivity contribution in [1.29, 1.82) is 0 Å². The van der Waals surface area contributed by atoms with Crippen LogP contribution >= 0.6 is 11.8 Å². The summed E-state index contributed by atoms with van der Waals surface area (Å²) in [4.78, 5) is 27.4. The molecule has 32 heavy (non-hydrogen) atoms. The van der Waals surface area contributed by atoms with E-state index in [-0.39, 0.29) is 11.6 Å². The van der Waals surface area contributed by atoms with E-state index in [9.17, 15) is 9.59 Å². The highest BCUT2D eigenvalue weighted by atomic mass is 32.2. The Bertz CT molecular complexity index is 1360. The predicted molar refractivity (Wildman–Crippen MR) is 126 cm³/mol. The van der Waals surface area contributed by atoms with Crippen LogP contribution in [0.4, 0.5) is 5.69 Å². The zero-order valence-corrected chi connectivity index (χ0v) is 19.0. The number of methoxy groups -OCH3 is 2. The number of rotatable bonds is 6. The van der Waals surface area contributed by atoms with E-state index >= 15 is 0 Å². The number of benzene rings is 3. The topological polar surface area (TPSA) is 74.5 Å². The van der Waals surface area contributed by atoms with Crippen LogP contribution in [0.1, 0.15) is 10.4 Å². The molecule has 0 saturated heterocycles. The first-order chi connectivity index (χ1) is 15.4. The van der Waals surface area contributed by atoms with Gasteiger partial charge in [0.1, 0.15) is 0 Å². The van der Waals surface area contributed by atoms with E-state index < -0.39 is 0 Å². The molecular weight excluding hydrogens is 426 g/mol. The molecule has 0 aliphatic rings. The van der Waals surface area contributed by atoms with Gasteiger partial charge in [-0.3, -0.25) is 13.9 Å². The van der Waals surface area contributed by atoms with Crippen LogP contribution in [0.5, 0.6) is 11.5 Å². The Balaban J connectivity index is 1.77. The lowest BCUT2D eigenvalue weighted by molar-refractivity contribution is 0.102. The predicted octanol–water partition coefficient (Wildman–Crippen LogP) is 4.30. The smallest absolute Gasteiger partial charge is 0.328 e. The quantitative estimate of drug-likeness (QED) is 0.475. The third-order valence-corrected chi connectivity index (χ3v) is 6.30. The molecule has 0 aliphatic heterocycles. The first-order valence-corrected chi connectivity index (χ1v) is 10.7. The summed E-state index contributed by atoms with van der Waals surface area (Å²) in [5.74, 6) is 0.728. The Morgan fingerprint density at radius 1 is 0.875 bits per heavy atom. The van der Waals surface area contributed by atoms with Crippen LogP contribution in [-0.2, 0) is 14.1 Å². The van der Waals surface area contributed by atoms with Crippen molar-refractivity contribution in [2.45, 2.75) is 9.79 Å². The fraction of sp³-hybridized carbons (Fsp3) is 0.167. The molecule has 0 atom stereocenters. The fourth-order valence-corrected chi connectivity index (χ4v) is 4.43. The lowest BCUT2D eigenvalue weighted by Gasteiger charge is -2.13. The van der Waals surface area contributed by atoms with Crippen LogP contribution in [0.2, 0.25) is 0 Å². The summed E-state index contributed by atoms with van der Waals surface area (Å²) in [5, 5.41) is 3.00. The van der Waals surface area contributed by atoms with Crippen LogP contribution in [0.15, 0.2) is 75.2 Å². The van der Waals surface area contributed by atoms with Crippen LogP contribution in [-0.4, -0.2) is 29.3 Å². The van der Waals surface area contributed by atoms with Crippen molar-refractivity contribution in [2.75, 3.05) is 19.5 Å². The number of carbonyl (C=O) groups excluding carboxylic acids is 1. The van der Waals surface area contributed by atoms with Crippen molar-refractivity contribution in [2.24, 2.45) is 14.1 Å². The number of anilines is 1. The number of nitrogens with one attached hydrogen (secondary N) is 1. The maximum absolute atomic E-state index is 13.1. The highest BCUT2D eigenvalue weighted by Gasteiger charge is 2.17. The van der Waals surface area contributed by atoms with Gasteiger partial charge in [0, 0.05) is 29.4 Å². The Morgan fingerprint density at radius 2 is 1.53 bits per heavy atom. The first-order valence-electron chi connectivity index (χ1n) is 9.88. The number of amides is 1. The Hall–Kier alpha value is -3.65. The molecule has 1 aromatic heterocycles. The molecule has 8 heteroatoms.